The molecular formula is C13H17BrClNO3. The van der Waals surface area contributed by atoms with Gasteiger partial charge >= 0.3 is 0 Å². The molecule has 0 bridgehead atoms. The van der Waals surface area contributed by atoms with Crippen LogP contribution < -0.4 is 0 Å². The van der Waals surface area contributed by atoms with Crippen molar-refractivity contribution in [3.05, 3.63) is 33.3 Å². The van der Waals surface area contributed by atoms with E-state index in [0.29, 0.717) is 10.6 Å². The summed E-state index contributed by atoms with van der Waals surface area (Å²) in [5, 5.41) is 19.0. The van der Waals surface area contributed by atoms with Gasteiger partial charge in [-0.3, -0.25) is 4.79 Å². The first-order valence-corrected chi connectivity index (χ1v) is 7.08. The average molecular weight is 351 g/mol. The molecule has 0 saturated heterocycles. The zero-order valence-electron chi connectivity index (χ0n) is 10.8. The van der Waals surface area contributed by atoms with Gasteiger partial charge in [0, 0.05) is 11.0 Å². The van der Waals surface area contributed by atoms with Crippen LogP contribution in [0.5, 0.6) is 0 Å². The third-order valence-electron chi connectivity index (χ3n) is 2.68. The summed E-state index contributed by atoms with van der Waals surface area (Å²) < 4.78 is 0.744. The SMILES string of the molecule is C[C@H](O)CN(C(=O)c1cc(Br)ccc1Cl)[C@@H](C)CO. The van der Waals surface area contributed by atoms with E-state index in [1.807, 2.05) is 0 Å². The van der Waals surface area contributed by atoms with Crippen molar-refractivity contribution in [2.75, 3.05) is 13.2 Å². The van der Waals surface area contributed by atoms with Gasteiger partial charge in [-0.15, -0.1) is 0 Å². The summed E-state index contributed by atoms with van der Waals surface area (Å²) in [5.41, 5.74) is 0.344. The van der Waals surface area contributed by atoms with Gasteiger partial charge in [-0.1, -0.05) is 27.5 Å². The molecule has 1 amide bonds. The largest absolute Gasteiger partial charge is 0.394 e. The Labute approximate surface area is 126 Å². The molecule has 0 heterocycles. The second-order valence-electron chi connectivity index (χ2n) is 4.46. The number of rotatable bonds is 5. The van der Waals surface area contributed by atoms with Gasteiger partial charge in [-0.25, -0.2) is 0 Å². The highest BCUT2D eigenvalue weighted by atomic mass is 79.9. The smallest absolute Gasteiger partial charge is 0.255 e. The fourth-order valence-corrected chi connectivity index (χ4v) is 2.22. The number of carbonyl (C=O) groups is 1. The van der Waals surface area contributed by atoms with Crippen molar-refractivity contribution < 1.29 is 15.0 Å². The van der Waals surface area contributed by atoms with Crippen LogP contribution in [0.2, 0.25) is 5.02 Å². The Balaban J connectivity index is 3.07. The molecule has 1 rings (SSSR count). The third-order valence-corrected chi connectivity index (χ3v) is 3.50. The van der Waals surface area contributed by atoms with Gasteiger partial charge in [0.2, 0.25) is 0 Å². The van der Waals surface area contributed by atoms with Crippen molar-refractivity contribution in [1.29, 1.82) is 0 Å². The maximum atomic E-state index is 12.5. The number of carbonyl (C=O) groups excluding carboxylic acids is 1. The molecule has 106 valence electrons. The number of aliphatic hydroxyl groups is 2. The summed E-state index contributed by atoms with van der Waals surface area (Å²) in [4.78, 5) is 13.9. The van der Waals surface area contributed by atoms with E-state index in [4.69, 9.17) is 11.6 Å². The zero-order chi connectivity index (χ0) is 14.6. The lowest BCUT2D eigenvalue weighted by Gasteiger charge is -2.29. The Morgan fingerprint density at radius 1 is 1.47 bits per heavy atom. The van der Waals surface area contributed by atoms with Gasteiger partial charge in [0.15, 0.2) is 0 Å². The van der Waals surface area contributed by atoms with E-state index in [1.54, 1.807) is 32.0 Å². The second-order valence-corrected chi connectivity index (χ2v) is 5.79. The van der Waals surface area contributed by atoms with Gasteiger partial charge in [0.25, 0.3) is 5.91 Å². The van der Waals surface area contributed by atoms with E-state index in [2.05, 4.69) is 15.9 Å². The number of hydrogen-bond donors (Lipinski definition) is 2. The fraction of sp³-hybridized carbons (Fsp3) is 0.462. The van der Waals surface area contributed by atoms with Crippen LogP contribution in [0.1, 0.15) is 24.2 Å². The number of nitrogens with zero attached hydrogens (tertiary/aromatic N) is 1. The summed E-state index contributed by atoms with van der Waals surface area (Å²) in [6.07, 6.45) is -0.677. The first-order chi connectivity index (χ1) is 8.86. The number of benzene rings is 1. The first-order valence-electron chi connectivity index (χ1n) is 5.91. The van der Waals surface area contributed by atoms with Crippen LogP contribution in [0.4, 0.5) is 0 Å². The lowest BCUT2D eigenvalue weighted by Crippen LogP contribution is -2.44. The lowest BCUT2D eigenvalue weighted by molar-refractivity contribution is 0.0472. The normalized spacial score (nSPS) is 14.0. The van der Waals surface area contributed by atoms with E-state index in [-0.39, 0.29) is 19.1 Å². The zero-order valence-corrected chi connectivity index (χ0v) is 13.1. The number of hydrogen-bond acceptors (Lipinski definition) is 3. The molecule has 1 aromatic carbocycles. The molecule has 0 spiro atoms. The van der Waals surface area contributed by atoms with Gasteiger partial charge in [0.05, 0.1) is 29.3 Å². The predicted molar refractivity (Wildman–Crippen MR) is 78.4 cm³/mol. The van der Waals surface area contributed by atoms with Crippen LogP contribution in [0, 0.1) is 0 Å². The maximum absolute atomic E-state index is 12.5. The standard InChI is InChI=1S/C13H17BrClNO3/c1-8(7-17)16(6-9(2)18)13(19)11-5-10(14)3-4-12(11)15/h3-5,8-9,17-18H,6-7H2,1-2H3/t8-,9-/m0/s1. The lowest BCUT2D eigenvalue weighted by atomic mass is 10.1. The molecule has 0 aromatic heterocycles. The highest BCUT2D eigenvalue weighted by Gasteiger charge is 2.24. The molecule has 0 unspecified atom stereocenters. The average Bonchev–Trinajstić information content (AvgIpc) is 2.37. The monoisotopic (exact) mass is 349 g/mol. The topological polar surface area (TPSA) is 60.8 Å². The Hall–Kier alpha value is -0.620. The maximum Gasteiger partial charge on any atom is 0.255 e. The molecule has 6 heteroatoms. The van der Waals surface area contributed by atoms with Crippen LogP contribution in [0.25, 0.3) is 0 Å². The molecule has 19 heavy (non-hydrogen) atoms. The summed E-state index contributed by atoms with van der Waals surface area (Å²) in [7, 11) is 0. The molecule has 2 N–H and O–H groups in total. The predicted octanol–water partition coefficient (Wildman–Crippen LogP) is 2.31. The Morgan fingerprint density at radius 3 is 2.63 bits per heavy atom. The van der Waals surface area contributed by atoms with Crippen LogP contribution in [0.3, 0.4) is 0 Å². The van der Waals surface area contributed by atoms with Crippen LogP contribution in [-0.4, -0.2) is 46.3 Å². The molecule has 0 aliphatic heterocycles. The minimum atomic E-state index is -0.677. The van der Waals surface area contributed by atoms with E-state index < -0.39 is 12.1 Å². The Bertz CT molecular complexity index is 454. The molecule has 0 radical (unpaired) electrons. The van der Waals surface area contributed by atoms with E-state index in [1.165, 1.54) is 4.90 Å². The minimum Gasteiger partial charge on any atom is -0.394 e. The molecule has 0 aliphatic rings. The van der Waals surface area contributed by atoms with Crippen LogP contribution in [0.15, 0.2) is 22.7 Å². The number of halogens is 2. The third kappa shape index (κ3) is 4.45. The fourth-order valence-electron chi connectivity index (χ4n) is 1.66. The van der Waals surface area contributed by atoms with Crippen molar-refractivity contribution in [2.45, 2.75) is 26.0 Å². The molecule has 4 nitrogen and oxygen atoms in total. The van der Waals surface area contributed by atoms with Crippen molar-refractivity contribution in [3.8, 4) is 0 Å². The van der Waals surface area contributed by atoms with Crippen LogP contribution >= 0.6 is 27.5 Å². The van der Waals surface area contributed by atoms with Crippen molar-refractivity contribution in [2.24, 2.45) is 0 Å². The van der Waals surface area contributed by atoms with Gasteiger partial charge in [0.1, 0.15) is 0 Å². The molecule has 0 aliphatic carbocycles. The highest BCUT2D eigenvalue weighted by molar-refractivity contribution is 9.10. The molecule has 0 fully saturated rings. The molecule has 1 aromatic rings. The van der Waals surface area contributed by atoms with Crippen molar-refractivity contribution >= 4 is 33.4 Å². The van der Waals surface area contributed by atoms with Gasteiger partial charge in [-0.05, 0) is 32.0 Å². The van der Waals surface area contributed by atoms with Gasteiger partial charge < -0.3 is 15.1 Å². The van der Waals surface area contributed by atoms with Gasteiger partial charge in [-0.2, -0.15) is 0 Å². The quantitative estimate of drug-likeness (QED) is 0.856. The van der Waals surface area contributed by atoms with Crippen molar-refractivity contribution in [3.63, 3.8) is 0 Å². The minimum absolute atomic E-state index is 0.142. The first kappa shape index (κ1) is 16.4. The Kier molecular flexibility index (Phi) is 6.26. The Morgan fingerprint density at radius 2 is 2.11 bits per heavy atom. The molecule has 2 atom stereocenters. The summed E-state index contributed by atoms with van der Waals surface area (Å²) in [6, 6.07) is 4.61. The van der Waals surface area contributed by atoms with Crippen molar-refractivity contribution in [1.82, 2.24) is 4.90 Å². The van der Waals surface area contributed by atoms with E-state index in [0.717, 1.165) is 4.47 Å². The van der Waals surface area contributed by atoms with E-state index in [9.17, 15) is 15.0 Å². The highest BCUT2D eigenvalue weighted by Crippen LogP contribution is 2.23. The van der Waals surface area contributed by atoms with Crippen LogP contribution in [-0.2, 0) is 0 Å². The number of amides is 1. The van der Waals surface area contributed by atoms with E-state index >= 15 is 0 Å². The molecular weight excluding hydrogens is 334 g/mol. The second kappa shape index (κ2) is 7.24. The molecule has 0 saturated carbocycles. The summed E-state index contributed by atoms with van der Waals surface area (Å²) in [5.74, 6) is -0.311. The summed E-state index contributed by atoms with van der Waals surface area (Å²) >= 11 is 9.32. The summed E-state index contributed by atoms with van der Waals surface area (Å²) in [6.45, 7) is 3.27. The number of aliphatic hydroxyl groups excluding tert-OH is 2.